The van der Waals surface area contributed by atoms with E-state index >= 15 is 0 Å². The minimum Gasteiger partial charge on any atom is -0.399 e. The summed E-state index contributed by atoms with van der Waals surface area (Å²) in [5.41, 5.74) is 12.8. The van der Waals surface area contributed by atoms with Crippen LogP contribution in [0.25, 0.3) is 22.4 Å². The Bertz CT molecular complexity index is 963. The van der Waals surface area contributed by atoms with Crippen molar-refractivity contribution in [2.24, 2.45) is 0 Å². The molecule has 4 nitrogen and oxygen atoms in total. The molecule has 0 fully saturated rings. The van der Waals surface area contributed by atoms with Crippen LogP contribution in [-0.4, -0.2) is 18.1 Å². The highest BCUT2D eigenvalue weighted by molar-refractivity contribution is 5.77. The first-order valence-electron chi connectivity index (χ1n) is 9.20. The summed E-state index contributed by atoms with van der Waals surface area (Å²) in [5, 5.41) is 9.66. The van der Waals surface area contributed by atoms with Crippen molar-refractivity contribution in [3.05, 3.63) is 65.9 Å². The van der Waals surface area contributed by atoms with E-state index < -0.39 is 0 Å². The van der Waals surface area contributed by atoms with Gasteiger partial charge < -0.3 is 10.6 Å². The molecule has 0 atom stereocenters. The van der Waals surface area contributed by atoms with Gasteiger partial charge >= 0.3 is 0 Å². The number of hydrogen-bond acceptors (Lipinski definition) is 4. The van der Waals surface area contributed by atoms with Crippen molar-refractivity contribution >= 4 is 11.4 Å². The molecule has 0 bridgehead atoms. The summed E-state index contributed by atoms with van der Waals surface area (Å²) in [4.78, 5) is 6.93. The lowest BCUT2D eigenvalue weighted by molar-refractivity contribution is 0.866. The van der Waals surface area contributed by atoms with Gasteiger partial charge in [0, 0.05) is 35.6 Å². The summed E-state index contributed by atoms with van der Waals surface area (Å²) in [7, 11) is 0. The van der Waals surface area contributed by atoms with E-state index in [9.17, 15) is 5.26 Å². The highest BCUT2D eigenvalue weighted by Crippen LogP contribution is 2.31. The van der Waals surface area contributed by atoms with Gasteiger partial charge in [-0.05, 0) is 56.7 Å². The smallest absolute Gasteiger partial charge is 0.102 e. The Hall–Kier alpha value is -3.32. The monoisotopic (exact) mass is 356 g/mol. The molecular weight excluding hydrogens is 332 g/mol. The molecule has 0 aliphatic heterocycles. The van der Waals surface area contributed by atoms with Gasteiger partial charge in [0.05, 0.1) is 17.0 Å². The summed E-state index contributed by atoms with van der Waals surface area (Å²) in [6.07, 6.45) is 0. The minimum atomic E-state index is 0.616. The van der Waals surface area contributed by atoms with Gasteiger partial charge in [0.15, 0.2) is 0 Å². The zero-order chi connectivity index (χ0) is 19.4. The molecule has 2 aromatic carbocycles. The fourth-order valence-electron chi connectivity index (χ4n) is 3.28. The van der Waals surface area contributed by atoms with E-state index in [1.807, 2.05) is 37.3 Å². The summed E-state index contributed by atoms with van der Waals surface area (Å²) < 4.78 is 0. The number of aromatic nitrogens is 1. The van der Waals surface area contributed by atoms with Crippen LogP contribution in [0.1, 0.15) is 25.1 Å². The Morgan fingerprint density at radius 1 is 0.963 bits per heavy atom. The first kappa shape index (κ1) is 18.5. The number of nitrogen functional groups attached to an aromatic ring is 1. The Balaban J connectivity index is 2.08. The molecule has 0 amide bonds. The van der Waals surface area contributed by atoms with Gasteiger partial charge in [0.25, 0.3) is 0 Å². The topological polar surface area (TPSA) is 65.9 Å². The number of aryl methyl sites for hydroxylation is 1. The average molecular weight is 356 g/mol. The van der Waals surface area contributed by atoms with E-state index in [-0.39, 0.29) is 0 Å². The van der Waals surface area contributed by atoms with Crippen LogP contribution in [0.3, 0.4) is 0 Å². The van der Waals surface area contributed by atoms with Crippen molar-refractivity contribution in [3.8, 4) is 28.5 Å². The SMILES string of the molecule is CCN(CC)c1ccc(-c2cc(-c3ccc(N)cc3)nc(C)c2C#N)cc1. The third-order valence-corrected chi connectivity index (χ3v) is 4.83. The fourth-order valence-corrected chi connectivity index (χ4v) is 3.28. The van der Waals surface area contributed by atoms with E-state index in [1.54, 1.807) is 0 Å². The van der Waals surface area contributed by atoms with Gasteiger partial charge in [-0.2, -0.15) is 5.26 Å². The average Bonchev–Trinajstić information content (AvgIpc) is 2.69. The lowest BCUT2D eigenvalue weighted by Gasteiger charge is -2.21. The minimum absolute atomic E-state index is 0.616. The number of anilines is 2. The van der Waals surface area contributed by atoms with Crippen LogP contribution >= 0.6 is 0 Å². The van der Waals surface area contributed by atoms with Crippen molar-refractivity contribution in [3.63, 3.8) is 0 Å². The predicted octanol–water partition coefficient (Wildman–Crippen LogP) is 5.02. The third kappa shape index (κ3) is 3.78. The van der Waals surface area contributed by atoms with Crippen LogP contribution < -0.4 is 10.6 Å². The summed E-state index contributed by atoms with van der Waals surface area (Å²) in [6, 6.07) is 20.3. The Morgan fingerprint density at radius 2 is 1.56 bits per heavy atom. The molecule has 0 unspecified atom stereocenters. The number of hydrogen-bond donors (Lipinski definition) is 1. The zero-order valence-electron chi connectivity index (χ0n) is 16.0. The largest absolute Gasteiger partial charge is 0.399 e. The number of pyridine rings is 1. The van der Waals surface area contributed by atoms with E-state index in [4.69, 9.17) is 5.73 Å². The van der Waals surface area contributed by atoms with Crippen molar-refractivity contribution in [1.29, 1.82) is 5.26 Å². The predicted molar refractivity (Wildman–Crippen MR) is 113 cm³/mol. The highest BCUT2D eigenvalue weighted by Gasteiger charge is 2.13. The highest BCUT2D eigenvalue weighted by atomic mass is 15.1. The van der Waals surface area contributed by atoms with Crippen LogP contribution in [0.4, 0.5) is 11.4 Å². The van der Waals surface area contributed by atoms with Gasteiger partial charge in [-0.25, -0.2) is 0 Å². The molecule has 4 heteroatoms. The quantitative estimate of drug-likeness (QED) is 0.652. The molecule has 0 saturated carbocycles. The molecule has 3 rings (SSSR count). The molecule has 0 saturated heterocycles. The summed E-state index contributed by atoms with van der Waals surface area (Å²) >= 11 is 0. The lowest BCUT2D eigenvalue weighted by atomic mass is 9.97. The third-order valence-electron chi connectivity index (χ3n) is 4.83. The van der Waals surface area contributed by atoms with Gasteiger partial charge in [-0.3, -0.25) is 4.98 Å². The molecule has 0 aliphatic carbocycles. The van der Waals surface area contributed by atoms with E-state index in [1.165, 1.54) is 5.69 Å². The second kappa shape index (κ2) is 7.92. The number of rotatable bonds is 5. The van der Waals surface area contributed by atoms with Crippen molar-refractivity contribution in [1.82, 2.24) is 4.98 Å². The number of nitriles is 1. The molecule has 0 radical (unpaired) electrons. The maximum atomic E-state index is 9.66. The van der Waals surface area contributed by atoms with Gasteiger partial charge in [-0.1, -0.05) is 24.3 Å². The van der Waals surface area contributed by atoms with Crippen molar-refractivity contribution in [2.75, 3.05) is 23.7 Å². The Kier molecular flexibility index (Phi) is 5.42. The summed E-state index contributed by atoms with van der Waals surface area (Å²) in [5.74, 6) is 0. The normalized spacial score (nSPS) is 10.4. The molecule has 0 spiro atoms. The molecule has 136 valence electrons. The van der Waals surface area contributed by atoms with Crippen LogP contribution in [0, 0.1) is 18.3 Å². The molecule has 27 heavy (non-hydrogen) atoms. The Labute approximate surface area is 160 Å². The standard InChI is InChI=1S/C23H24N4/c1-4-27(5-2)20-12-8-17(9-13-20)21-14-23(26-16(3)22(21)15-24)18-6-10-19(25)11-7-18/h6-14H,4-5,25H2,1-3H3. The molecule has 0 aliphatic rings. The maximum Gasteiger partial charge on any atom is 0.102 e. The van der Waals surface area contributed by atoms with Gasteiger partial charge in [0.2, 0.25) is 0 Å². The van der Waals surface area contributed by atoms with E-state index in [0.717, 1.165) is 46.9 Å². The van der Waals surface area contributed by atoms with Gasteiger partial charge in [-0.15, -0.1) is 0 Å². The second-order valence-electron chi connectivity index (χ2n) is 6.47. The van der Waals surface area contributed by atoms with E-state index in [2.05, 4.69) is 54.1 Å². The molecule has 1 aromatic heterocycles. The van der Waals surface area contributed by atoms with Crippen molar-refractivity contribution < 1.29 is 0 Å². The van der Waals surface area contributed by atoms with Crippen LogP contribution in [0.5, 0.6) is 0 Å². The molecular formula is C23H24N4. The van der Waals surface area contributed by atoms with Crippen LogP contribution in [0.15, 0.2) is 54.6 Å². The fraction of sp³-hybridized carbons (Fsp3) is 0.217. The molecule has 3 aromatic rings. The Morgan fingerprint density at radius 3 is 2.11 bits per heavy atom. The van der Waals surface area contributed by atoms with Crippen LogP contribution in [0.2, 0.25) is 0 Å². The lowest BCUT2D eigenvalue weighted by Crippen LogP contribution is -2.21. The number of benzene rings is 2. The molecule has 2 N–H and O–H groups in total. The van der Waals surface area contributed by atoms with Crippen molar-refractivity contribution in [2.45, 2.75) is 20.8 Å². The number of nitrogens with zero attached hydrogens (tertiary/aromatic N) is 3. The maximum absolute atomic E-state index is 9.66. The first-order valence-corrected chi connectivity index (χ1v) is 9.20. The number of nitrogens with two attached hydrogens (primary N) is 1. The first-order chi connectivity index (χ1) is 13.1. The van der Waals surface area contributed by atoms with E-state index in [0.29, 0.717) is 5.56 Å². The summed E-state index contributed by atoms with van der Waals surface area (Å²) in [6.45, 7) is 8.11. The molecule has 1 heterocycles. The zero-order valence-corrected chi connectivity index (χ0v) is 16.0. The van der Waals surface area contributed by atoms with Crippen LogP contribution in [-0.2, 0) is 0 Å². The van der Waals surface area contributed by atoms with Gasteiger partial charge in [0.1, 0.15) is 6.07 Å². The second-order valence-corrected chi connectivity index (χ2v) is 6.47.